The van der Waals surface area contributed by atoms with E-state index >= 15 is 0 Å². The molecule has 26 heavy (non-hydrogen) atoms. The van der Waals surface area contributed by atoms with Crippen LogP contribution in [0.25, 0.3) is 6.08 Å². The Bertz CT molecular complexity index is 912. The second-order valence-electron chi connectivity index (χ2n) is 5.39. The highest BCUT2D eigenvalue weighted by Crippen LogP contribution is 2.36. The van der Waals surface area contributed by atoms with Gasteiger partial charge in [0.1, 0.15) is 5.70 Å². The van der Waals surface area contributed by atoms with Crippen LogP contribution in [0.4, 0.5) is 10.5 Å². The first-order valence-corrected chi connectivity index (χ1v) is 8.85. The smallest absolute Gasteiger partial charge is 0.333 e. The average molecular weight is 438 g/mol. The number of anilines is 1. The first-order chi connectivity index (χ1) is 12.4. The Hall–Kier alpha value is -2.51. The number of carbonyl (C=O) groups is 2. The molecule has 0 atom stereocenters. The summed E-state index contributed by atoms with van der Waals surface area (Å²) < 4.78 is 5.79. The summed E-state index contributed by atoms with van der Waals surface area (Å²) in [7, 11) is 0. The zero-order valence-electron chi connectivity index (χ0n) is 13.6. The minimum absolute atomic E-state index is 0.0291. The first kappa shape index (κ1) is 18.3. The molecule has 1 saturated heterocycles. The average Bonchev–Trinajstić information content (AvgIpc) is 2.87. The Balaban J connectivity index is 1.94. The molecule has 2 aromatic rings. The van der Waals surface area contributed by atoms with Gasteiger partial charge in [0.15, 0.2) is 11.5 Å². The molecule has 8 heteroatoms. The molecule has 1 aliphatic rings. The fraction of sp³-hybridized carbons (Fsp3) is 0.111. The lowest BCUT2D eigenvalue weighted by molar-refractivity contribution is -0.113. The number of hydrogen-bond donors (Lipinski definition) is 2. The molecule has 3 amide bonds. The maximum Gasteiger partial charge on any atom is 0.333 e. The predicted molar refractivity (Wildman–Crippen MR) is 102 cm³/mol. The van der Waals surface area contributed by atoms with Gasteiger partial charge in [-0.2, -0.15) is 0 Å². The summed E-state index contributed by atoms with van der Waals surface area (Å²) in [6, 6.07) is 9.04. The summed E-state index contributed by atoms with van der Waals surface area (Å²) in [5.41, 5.74) is 1.12. The van der Waals surface area contributed by atoms with Gasteiger partial charge < -0.3 is 15.2 Å². The third-order valence-electron chi connectivity index (χ3n) is 3.62. The van der Waals surface area contributed by atoms with E-state index in [9.17, 15) is 14.7 Å². The van der Waals surface area contributed by atoms with Crippen molar-refractivity contribution in [2.75, 3.05) is 11.5 Å². The van der Waals surface area contributed by atoms with Crippen LogP contribution < -0.4 is 15.0 Å². The third kappa shape index (κ3) is 3.54. The van der Waals surface area contributed by atoms with Crippen molar-refractivity contribution in [1.82, 2.24) is 5.32 Å². The van der Waals surface area contributed by atoms with Crippen molar-refractivity contribution in [2.45, 2.75) is 6.92 Å². The molecular weight excluding hydrogens is 424 g/mol. The molecule has 3 rings (SSSR count). The molecule has 1 heterocycles. The molecule has 1 fully saturated rings. The van der Waals surface area contributed by atoms with E-state index in [2.05, 4.69) is 21.2 Å². The van der Waals surface area contributed by atoms with Gasteiger partial charge in [-0.15, -0.1) is 0 Å². The SMILES string of the molecule is CCOc1cc(/C=C2/NC(=O)N(c3ccc(Cl)cc3)C2=O)cc(Br)c1O. The summed E-state index contributed by atoms with van der Waals surface area (Å²) in [5.74, 6) is -0.238. The Morgan fingerprint density at radius 1 is 1.27 bits per heavy atom. The van der Waals surface area contributed by atoms with Crippen molar-refractivity contribution in [3.63, 3.8) is 0 Å². The standard InChI is InChI=1S/C18H14BrClN2O4/c1-2-26-15-9-10(7-13(19)16(15)23)8-14-17(24)22(18(25)21-14)12-5-3-11(20)4-6-12/h3-9,23H,2H2,1H3,(H,21,25)/b14-8+. The number of phenols is 1. The Morgan fingerprint density at radius 2 is 1.96 bits per heavy atom. The highest BCUT2D eigenvalue weighted by Gasteiger charge is 2.34. The molecule has 0 radical (unpaired) electrons. The van der Waals surface area contributed by atoms with E-state index in [-0.39, 0.29) is 17.2 Å². The van der Waals surface area contributed by atoms with Crippen LogP contribution in [-0.4, -0.2) is 23.7 Å². The summed E-state index contributed by atoms with van der Waals surface area (Å²) in [6.45, 7) is 2.17. The molecule has 2 N–H and O–H groups in total. The number of carbonyl (C=O) groups excluding carboxylic acids is 2. The van der Waals surface area contributed by atoms with Crippen molar-refractivity contribution in [2.24, 2.45) is 0 Å². The van der Waals surface area contributed by atoms with Gasteiger partial charge in [0.05, 0.1) is 16.8 Å². The van der Waals surface area contributed by atoms with Crippen LogP contribution in [0.1, 0.15) is 12.5 Å². The summed E-state index contributed by atoms with van der Waals surface area (Å²) in [5, 5.41) is 13.0. The maximum atomic E-state index is 12.6. The summed E-state index contributed by atoms with van der Waals surface area (Å²) in [4.78, 5) is 25.9. The quantitative estimate of drug-likeness (QED) is 0.552. The van der Waals surface area contributed by atoms with Crippen LogP contribution in [-0.2, 0) is 4.79 Å². The Kier molecular flexibility index (Phi) is 5.20. The number of nitrogens with one attached hydrogen (secondary N) is 1. The Labute approximate surface area is 163 Å². The molecule has 0 bridgehead atoms. The molecule has 0 spiro atoms. The van der Waals surface area contributed by atoms with Crippen LogP contribution in [0.5, 0.6) is 11.5 Å². The predicted octanol–water partition coefficient (Wildman–Crippen LogP) is 4.30. The second kappa shape index (κ2) is 7.39. The number of benzene rings is 2. The number of ether oxygens (including phenoxy) is 1. The number of aromatic hydroxyl groups is 1. The monoisotopic (exact) mass is 436 g/mol. The minimum atomic E-state index is -0.550. The maximum absolute atomic E-state index is 12.6. The van der Waals surface area contributed by atoms with Gasteiger partial charge in [0.2, 0.25) is 0 Å². The minimum Gasteiger partial charge on any atom is -0.503 e. The van der Waals surface area contributed by atoms with Gasteiger partial charge in [0, 0.05) is 5.02 Å². The highest BCUT2D eigenvalue weighted by atomic mass is 79.9. The normalized spacial score (nSPS) is 15.5. The number of nitrogens with zero attached hydrogens (tertiary/aromatic N) is 1. The first-order valence-electron chi connectivity index (χ1n) is 7.68. The van der Waals surface area contributed by atoms with E-state index in [4.69, 9.17) is 16.3 Å². The lowest BCUT2D eigenvalue weighted by atomic mass is 10.1. The summed E-state index contributed by atoms with van der Waals surface area (Å²) in [6.07, 6.45) is 1.52. The molecule has 0 aliphatic carbocycles. The lowest BCUT2D eigenvalue weighted by Gasteiger charge is -2.11. The fourth-order valence-electron chi connectivity index (χ4n) is 2.47. The van der Waals surface area contributed by atoms with Crippen LogP contribution in [0, 0.1) is 0 Å². The number of phenolic OH excluding ortho intramolecular Hbond substituents is 1. The number of halogens is 2. The summed E-state index contributed by atoms with van der Waals surface area (Å²) >= 11 is 9.09. The molecule has 0 aromatic heterocycles. The van der Waals surface area contributed by atoms with Gasteiger partial charge in [-0.25, -0.2) is 9.69 Å². The van der Waals surface area contributed by atoms with E-state index in [0.29, 0.717) is 27.4 Å². The van der Waals surface area contributed by atoms with E-state index in [0.717, 1.165) is 4.90 Å². The van der Waals surface area contributed by atoms with Crippen molar-refractivity contribution >= 4 is 51.2 Å². The molecule has 2 aromatic carbocycles. The van der Waals surface area contributed by atoms with E-state index < -0.39 is 11.9 Å². The van der Waals surface area contributed by atoms with E-state index in [1.165, 1.54) is 6.08 Å². The van der Waals surface area contributed by atoms with Gasteiger partial charge >= 0.3 is 6.03 Å². The van der Waals surface area contributed by atoms with E-state index in [1.807, 2.05) is 0 Å². The van der Waals surface area contributed by atoms with Crippen molar-refractivity contribution in [3.05, 3.63) is 57.2 Å². The van der Waals surface area contributed by atoms with Crippen molar-refractivity contribution in [3.8, 4) is 11.5 Å². The molecule has 1 aliphatic heterocycles. The lowest BCUT2D eigenvalue weighted by Crippen LogP contribution is -2.30. The molecule has 0 saturated carbocycles. The number of rotatable bonds is 4. The number of hydrogen-bond acceptors (Lipinski definition) is 4. The third-order valence-corrected chi connectivity index (χ3v) is 4.48. The van der Waals surface area contributed by atoms with Gasteiger partial charge in [-0.05, 0) is 70.9 Å². The number of amides is 3. The topological polar surface area (TPSA) is 78.9 Å². The van der Waals surface area contributed by atoms with Crippen LogP contribution in [0.15, 0.2) is 46.6 Å². The second-order valence-corrected chi connectivity index (χ2v) is 6.68. The highest BCUT2D eigenvalue weighted by molar-refractivity contribution is 9.10. The van der Waals surface area contributed by atoms with Crippen LogP contribution in [0.3, 0.4) is 0 Å². The molecule has 134 valence electrons. The largest absolute Gasteiger partial charge is 0.503 e. The number of imide groups is 1. The van der Waals surface area contributed by atoms with Crippen molar-refractivity contribution < 1.29 is 19.4 Å². The van der Waals surface area contributed by atoms with Crippen LogP contribution >= 0.6 is 27.5 Å². The molecular formula is C18H14BrClN2O4. The van der Waals surface area contributed by atoms with Gasteiger partial charge in [-0.1, -0.05) is 11.6 Å². The zero-order chi connectivity index (χ0) is 18.8. The number of urea groups is 1. The van der Waals surface area contributed by atoms with Crippen LogP contribution in [0.2, 0.25) is 5.02 Å². The van der Waals surface area contributed by atoms with Gasteiger partial charge in [0.25, 0.3) is 5.91 Å². The van der Waals surface area contributed by atoms with E-state index in [1.54, 1.807) is 43.3 Å². The molecule has 0 unspecified atom stereocenters. The molecule has 6 nitrogen and oxygen atoms in total. The van der Waals surface area contributed by atoms with Gasteiger partial charge in [-0.3, -0.25) is 4.79 Å². The van der Waals surface area contributed by atoms with Crippen molar-refractivity contribution in [1.29, 1.82) is 0 Å². The zero-order valence-corrected chi connectivity index (χ0v) is 16.0. The fourth-order valence-corrected chi connectivity index (χ4v) is 3.05. The Morgan fingerprint density at radius 3 is 2.62 bits per heavy atom.